The van der Waals surface area contributed by atoms with Crippen molar-refractivity contribution in [3.8, 4) is 17.1 Å². The number of aliphatic hydroxyl groups is 1. The Morgan fingerprint density at radius 2 is 1.84 bits per heavy atom. The number of halogens is 1. The van der Waals surface area contributed by atoms with E-state index in [1.54, 1.807) is 0 Å². The normalized spacial score (nSPS) is 27.8. The van der Waals surface area contributed by atoms with E-state index in [4.69, 9.17) is 30.5 Å². The zero-order valence-electron chi connectivity index (χ0n) is 17.4. The monoisotopic (exact) mass is 457 g/mol. The van der Waals surface area contributed by atoms with Gasteiger partial charge >= 0.3 is 0 Å². The summed E-state index contributed by atoms with van der Waals surface area (Å²) in [5.74, 6) is 0. The summed E-state index contributed by atoms with van der Waals surface area (Å²) in [4.78, 5) is 10.1. The van der Waals surface area contributed by atoms with Crippen LogP contribution in [-0.4, -0.2) is 79.0 Å². The zero-order valence-corrected chi connectivity index (χ0v) is 18.1. The van der Waals surface area contributed by atoms with E-state index in [9.17, 15) is 5.11 Å². The van der Waals surface area contributed by atoms with Gasteiger partial charge in [0.1, 0.15) is 18.3 Å². The molecule has 6 rings (SSSR count). The molecule has 3 aliphatic heterocycles. The van der Waals surface area contributed by atoms with Crippen LogP contribution in [0.15, 0.2) is 36.4 Å². The van der Waals surface area contributed by atoms with Crippen molar-refractivity contribution < 1.29 is 24.1 Å². The average molecular weight is 458 g/mol. The molecule has 4 heterocycles. The van der Waals surface area contributed by atoms with Crippen molar-refractivity contribution >= 4 is 28.3 Å². The van der Waals surface area contributed by atoms with E-state index < -0.39 is 6.10 Å². The first-order chi connectivity index (χ1) is 15.7. The van der Waals surface area contributed by atoms with Crippen molar-refractivity contribution in [1.82, 2.24) is 9.97 Å². The van der Waals surface area contributed by atoms with Gasteiger partial charge in [-0.05, 0) is 29.8 Å². The largest absolute Gasteiger partial charge is 0.456 e. The molecule has 1 aromatic heterocycles. The van der Waals surface area contributed by atoms with Gasteiger partial charge in [0.25, 0.3) is 6.01 Å². The molecule has 168 valence electrons. The molecule has 2 aromatic carbocycles. The van der Waals surface area contributed by atoms with Crippen LogP contribution in [0.1, 0.15) is 0 Å². The van der Waals surface area contributed by atoms with E-state index in [0.717, 1.165) is 48.5 Å². The molecule has 3 saturated heterocycles. The van der Waals surface area contributed by atoms with Crippen LogP contribution in [-0.2, 0) is 14.2 Å². The van der Waals surface area contributed by atoms with Crippen molar-refractivity contribution in [2.45, 2.75) is 24.4 Å². The Morgan fingerprint density at radius 1 is 1.06 bits per heavy atom. The third-order valence-corrected chi connectivity index (χ3v) is 6.66. The molecule has 0 amide bonds. The third-order valence-electron chi connectivity index (χ3n) is 6.35. The number of morpholine rings is 1. The summed E-state index contributed by atoms with van der Waals surface area (Å²) >= 11 is 6.61. The number of aromatic amines is 1. The molecule has 8 nitrogen and oxygen atoms in total. The number of anilines is 1. The fourth-order valence-electron chi connectivity index (χ4n) is 4.65. The highest BCUT2D eigenvalue weighted by atomic mass is 35.5. The Labute approximate surface area is 190 Å². The molecule has 3 aliphatic rings. The molecule has 0 radical (unpaired) electrons. The topological polar surface area (TPSA) is 89.1 Å². The molecule has 3 aromatic rings. The van der Waals surface area contributed by atoms with E-state index in [1.165, 1.54) is 5.69 Å². The molecule has 0 unspecified atom stereocenters. The number of fused-ring (bicyclic) bond motifs is 2. The highest BCUT2D eigenvalue weighted by Gasteiger charge is 2.48. The van der Waals surface area contributed by atoms with Gasteiger partial charge in [0.15, 0.2) is 6.10 Å². The minimum atomic E-state index is -0.611. The SMILES string of the molecule is O[C@@H]1CO[C@H]2[C@@H]1OC[C@H]2Oc1nc2cc(-c3ccc(N4CCOCC4)cc3)c(Cl)cc2[nH]1. The van der Waals surface area contributed by atoms with Crippen LogP contribution in [0.5, 0.6) is 6.01 Å². The molecular weight excluding hydrogens is 434 g/mol. The molecule has 32 heavy (non-hydrogen) atoms. The summed E-state index contributed by atoms with van der Waals surface area (Å²) in [5.41, 5.74) is 4.68. The second-order valence-corrected chi connectivity index (χ2v) is 8.76. The Hall–Kier alpha value is -2.36. The van der Waals surface area contributed by atoms with Gasteiger partial charge in [-0.3, -0.25) is 0 Å². The lowest BCUT2D eigenvalue weighted by Gasteiger charge is -2.29. The van der Waals surface area contributed by atoms with Gasteiger partial charge < -0.3 is 33.9 Å². The number of ether oxygens (including phenoxy) is 4. The van der Waals surface area contributed by atoms with Gasteiger partial charge in [-0.1, -0.05) is 23.7 Å². The van der Waals surface area contributed by atoms with E-state index >= 15 is 0 Å². The first kappa shape index (κ1) is 20.3. The second kappa shape index (κ2) is 8.20. The molecule has 0 aliphatic carbocycles. The summed E-state index contributed by atoms with van der Waals surface area (Å²) in [6.45, 7) is 3.94. The summed E-state index contributed by atoms with van der Waals surface area (Å²) in [6, 6.07) is 12.6. The molecule has 2 N–H and O–H groups in total. The average Bonchev–Trinajstić information content (AvgIpc) is 3.51. The van der Waals surface area contributed by atoms with Crippen LogP contribution < -0.4 is 9.64 Å². The number of aromatic nitrogens is 2. The number of nitrogens with zero attached hydrogens (tertiary/aromatic N) is 2. The maximum absolute atomic E-state index is 9.91. The number of benzene rings is 2. The van der Waals surface area contributed by atoms with E-state index in [0.29, 0.717) is 17.6 Å². The molecule has 9 heteroatoms. The number of aliphatic hydroxyl groups excluding tert-OH is 1. The first-order valence-electron chi connectivity index (χ1n) is 10.9. The fraction of sp³-hybridized carbons (Fsp3) is 0.435. The van der Waals surface area contributed by atoms with E-state index in [-0.39, 0.29) is 24.9 Å². The number of H-pyrrole nitrogens is 1. The highest BCUT2D eigenvalue weighted by Crippen LogP contribution is 2.34. The van der Waals surface area contributed by atoms with Crippen LogP contribution in [0.3, 0.4) is 0 Å². The van der Waals surface area contributed by atoms with Crippen molar-refractivity contribution in [1.29, 1.82) is 0 Å². The predicted molar refractivity (Wildman–Crippen MR) is 119 cm³/mol. The van der Waals surface area contributed by atoms with Crippen LogP contribution in [0, 0.1) is 0 Å². The maximum atomic E-state index is 9.91. The standard InChI is InChI=1S/C23H24ClN3O5/c24-16-10-18-17(25-23(26-18)32-20-12-31-21-19(28)11-30-22(20)21)9-15(16)13-1-3-14(4-2-13)27-5-7-29-8-6-27/h1-4,9-10,19-22,28H,5-8,11-12H2,(H,25,26)/t19-,20-,21-,22-/m1/s1. The van der Waals surface area contributed by atoms with Gasteiger partial charge in [0.2, 0.25) is 0 Å². The number of nitrogens with one attached hydrogen (secondary N) is 1. The van der Waals surface area contributed by atoms with Gasteiger partial charge in [0.05, 0.1) is 42.5 Å². The zero-order chi connectivity index (χ0) is 21.7. The van der Waals surface area contributed by atoms with Gasteiger partial charge in [-0.2, -0.15) is 4.98 Å². The molecule has 0 bridgehead atoms. The number of imidazole rings is 1. The van der Waals surface area contributed by atoms with Gasteiger partial charge in [-0.25, -0.2) is 0 Å². The van der Waals surface area contributed by atoms with Gasteiger partial charge in [-0.15, -0.1) is 0 Å². The minimum Gasteiger partial charge on any atom is -0.456 e. The lowest BCUT2D eigenvalue weighted by atomic mass is 10.0. The number of hydrogen-bond donors (Lipinski definition) is 2. The molecule has 0 saturated carbocycles. The van der Waals surface area contributed by atoms with Crippen molar-refractivity contribution in [2.75, 3.05) is 44.4 Å². The Balaban J connectivity index is 1.23. The quantitative estimate of drug-likeness (QED) is 0.622. The first-order valence-corrected chi connectivity index (χ1v) is 11.2. The summed E-state index contributed by atoms with van der Waals surface area (Å²) < 4.78 is 22.7. The smallest absolute Gasteiger partial charge is 0.295 e. The van der Waals surface area contributed by atoms with E-state index in [2.05, 4.69) is 39.1 Å². The Kier molecular flexibility index (Phi) is 5.20. The third kappa shape index (κ3) is 3.62. The molecular formula is C23H24ClN3O5. The summed E-state index contributed by atoms with van der Waals surface area (Å²) in [6.07, 6.45) is -1.56. The van der Waals surface area contributed by atoms with Crippen molar-refractivity contribution in [3.05, 3.63) is 41.4 Å². The van der Waals surface area contributed by atoms with Crippen molar-refractivity contribution in [3.63, 3.8) is 0 Å². The van der Waals surface area contributed by atoms with Crippen LogP contribution in [0.4, 0.5) is 5.69 Å². The lowest BCUT2D eigenvalue weighted by molar-refractivity contribution is 0.00706. The highest BCUT2D eigenvalue weighted by molar-refractivity contribution is 6.34. The van der Waals surface area contributed by atoms with Crippen LogP contribution in [0.2, 0.25) is 5.02 Å². The second-order valence-electron chi connectivity index (χ2n) is 8.36. The van der Waals surface area contributed by atoms with E-state index in [1.807, 2.05) is 12.1 Å². The van der Waals surface area contributed by atoms with Gasteiger partial charge in [0, 0.05) is 24.3 Å². The summed E-state index contributed by atoms with van der Waals surface area (Å²) in [5, 5.41) is 10.5. The Bertz CT molecular complexity index is 1110. The Morgan fingerprint density at radius 3 is 2.66 bits per heavy atom. The van der Waals surface area contributed by atoms with Crippen LogP contribution >= 0.6 is 11.6 Å². The van der Waals surface area contributed by atoms with Crippen LogP contribution in [0.25, 0.3) is 22.2 Å². The minimum absolute atomic E-state index is 0.263. The number of hydrogen-bond acceptors (Lipinski definition) is 7. The molecule has 0 spiro atoms. The number of rotatable bonds is 4. The lowest BCUT2D eigenvalue weighted by Crippen LogP contribution is -2.36. The molecule has 4 atom stereocenters. The fourth-order valence-corrected chi connectivity index (χ4v) is 4.92. The maximum Gasteiger partial charge on any atom is 0.295 e. The summed E-state index contributed by atoms with van der Waals surface area (Å²) in [7, 11) is 0. The molecule has 3 fully saturated rings. The predicted octanol–water partition coefficient (Wildman–Crippen LogP) is 2.63. The van der Waals surface area contributed by atoms with Crippen molar-refractivity contribution in [2.24, 2.45) is 0 Å².